The van der Waals surface area contributed by atoms with Crippen molar-refractivity contribution in [1.82, 2.24) is 10.2 Å². The number of carbonyl (C=O) groups is 2. The first-order chi connectivity index (χ1) is 9.58. The Balaban J connectivity index is 2.79. The van der Waals surface area contributed by atoms with Crippen LogP contribution in [0.1, 0.15) is 12.5 Å². The van der Waals surface area contributed by atoms with Crippen molar-refractivity contribution in [2.45, 2.75) is 13.5 Å². The van der Waals surface area contributed by atoms with Gasteiger partial charge in [-0.2, -0.15) is 0 Å². The third-order valence-corrected chi connectivity index (χ3v) is 3.01. The molecular weight excluding hydrogens is 256 g/mol. The predicted molar refractivity (Wildman–Crippen MR) is 77.0 cm³/mol. The highest BCUT2D eigenvalue weighted by Crippen LogP contribution is 2.09. The summed E-state index contributed by atoms with van der Waals surface area (Å²) in [7, 11) is 3.12. The van der Waals surface area contributed by atoms with E-state index in [0.29, 0.717) is 13.1 Å². The zero-order valence-corrected chi connectivity index (χ0v) is 12.3. The monoisotopic (exact) mass is 278 g/mol. The molecule has 1 rings (SSSR count). The number of hydrogen-bond donors (Lipinski definition) is 1. The Morgan fingerprint density at radius 1 is 1.30 bits per heavy atom. The summed E-state index contributed by atoms with van der Waals surface area (Å²) in [4.78, 5) is 25.4. The smallest absolute Gasteiger partial charge is 0.325 e. The third kappa shape index (κ3) is 5.01. The highest BCUT2D eigenvalue weighted by atomic mass is 16.5. The maximum atomic E-state index is 12.4. The van der Waals surface area contributed by atoms with Gasteiger partial charge in [0.15, 0.2) is 0 Å². The molecule has 1 atom stereocenters. The Labute approximate surface area is 119 Å². The quantitative estimate of drug-likeness (QED) is 0.757. The van der Waals surface area contributed by atoms with Gasteiger partial charge in [0.05, 0.1) is 7.11 Å². The lowest BCUT2D eigenvalue weighted by Gasteiger charge is -2.24. The summed E-state index contributed by atoms with van der Waals surface area (Å²) >= 11 is 0. The van der Waals surface area contributed by atoms with E-state index in [9.17, 15) is 9.59 Å². The van der Waals surface area contributed by atoms with Gasteiger partial charge >= 0.3 is 5.97 Å². The fourth-order valence-electron chi connectivity index (χ4n) is 1.94. The molecule has 0 saturated heterocycles. The number of methoxy groups -OCH3 is 1. The lowest BCUT2D eigenvalue weighted by molar-refractivity contribution is -0.148. The highest BCUT2D eigenvalue weighted by molar-refractivity contribution is 5.83. The molecule has 110 valence electrons. The summed E-state index contributed by atoms with van der Waals surface area (Å²) in [5.41, 5.74) is 0.987. The summed E-state index contributed by atoms with van der Waals surface area (Å²) in [5.74, 6) is -0.659. The minimum atomic E-state index is -0.411. The Morgan fingerprint density at radius 3 is 2.50 bits per heavy atom. The molecule has 0 spiro atoms. The van der Waals surface area contributed by atoms with Gasteiger partial charge in [-0.25, -0.2) is 0 Å². The summed E-state index contributed by atoms with van der Waals surface area (Å²) in [6, 6.07) is 9.60. The second-order valence-electron chi connectivity index (χ2n) is 4.71. The zero-order valence-electron chi connectivity index (χ0n) is 12.3. The number of benzene rings is 1. The van der Waals surface area contributed by atoms with Gasteiger partial charge in [0.2, 0.25) is 5.91 Å². The average molecular weight is 278 g/mol. The Bertz CT molecular complexity index is 434. The summed E-state index contributed by atoms with van der Waals surface area (Å²) in [6.45, 7) is 2.79. The van der Waals surface area contributed by atoms with E-state index in [1.165, 1.54) is 12.0 Å². The highest BCUT2D eigenvalue weighted by Gasteiger charge is 2.22. The predicted octanol–water partition coefficient (Wildman–Crippen LogP) is 1.04. The van der Waals surface area contributed by atoms with Crippen molar-refractivity contribution in [3.8, 4) is 0 Å². The molecule has 1 N–H and O–H groups in total. The van der Waals surface area contributed by atoms with Crippen LogP contribution in [0.15, 0.2) is 30.3 Å². The average Bonchev–Trinajstić information content (AvgIpc) is 2.47. The van der Waals surface area contributed by atoms with E-state index in [1.807, 2.05) is 37.3 Å². The van der Waals surface area contributed by atoms with Gasteiger partial charge in [0, 0.05) is 19.0 Å². The summed E-state index contributed by atoms with van der Waals surface area (Å²) in [5, 5.41) is 2.97. The molecule has 0 radical (unpaired) electrons. The Morgan fingerprint density at radius 2 is 1.95 bits per heavy atom. The van der Waals surface area contributed by atoms with E-state index in [1.54, 1.807) is 7.05 Å². The number of hydrogen-bond acceptors (Lipinski definition) is 4. The third-order valence-electron chi connectivity index (χ3n) is 3.01. The standard InChI is InChI=1S/C15H22N2O3/c1-12(9-16-2)15(19)17(11-14(18)20-3)10-13-7-5-4-6-8-13/h4-8,12,16H,9-11H2,1-3H3. The van der Waals surface area contributed by atoms with Crippen molar-refractivity contribution in [3.05, 3.63) is 35.9 Å². The molecular formula is C15H22N2O3. The van der Waals surface area contributed by atoms with Gasteiger partial charge < -0.3 is 15.0 Å². The van der Waals surface area contributed by atoms with Gasteiger partial charge in [-0.05, 0) is 12.6 Å². The topological polar surface area (TPSA) is 58.6 Å². The van der Waals surface area contributed by atoms with E-state index in [4.69, 9.17) is 0 Å². The number of ether oxygens (including phenoxy) is 1. The molecule has 0 saturated carbocycles. The SMILES string of the molecule is CNCC(C)C(=O)N(CC(=O)OC)Cc1ccccc1. The lowest BCUT2D eigenvalue weighted by atomic mass is 10.1. The first kappa shape index (κ1) is 16.2. The number of rotatable bonds is 7. The van der Waals surface area contributed by atoms with Crippen LogP contribution in [0.25, 0.3) is 0 Å². The van der Waals surface area contributed by atoms with E-state index in [-0.39, 0.29) is 18.4 Å². The molecule has 0 aliphatic rings. The van der Waals surface area contributed by atoms with Crippen molar-refractivity contribution < 1.29 is 14.3 Å². The van der Waals surface area contributed by atoms with E-state index in [2.05, 4.69) is 10.1 Å². The van der Waals surface area contributed by atoms with Crippen LogP contribution in [-0.4, -0.2) is 44.0 Å². The van der Waals surface area contributed by atoms with Crippen LogP contribution in [0.4, 0.5) is 0 Å². The van der Waals surface area contributed by atoms with Crippen molar-refractivity contribution in [1.29, 1.82) is 0 Å². The minimum absolute atomic E-state index is 0.0295. The molecule has 0 aliphatic heterocycles. The molecule has 5 nitrogen and oxygen atoms in total. The van der Waals surface area contributed by atoms with Crippen LogP contribution in [0.2, 0.25) is 0 Å². The van der Waals surface area contributed by atoms with E-state index >= 15 is 0 Å². The first-order valence-electron chi connectivity index (χ1n) is 6.62. The number of amides is 1. The molecule has 0 bridgehead atoms. The molecule has 0 aromatic heterocycles. The van der Waals surface area contributed by atoms with Crippen LogP contribution in [0.3, 0.4) is 0 Å². The van der Waals surface area contributed by atoms with Gasteiger partial charge in [-0.3, -0.25) is 9.59 Å². The molecule has 1 aromatic carbocycles. The fraction of sp³-hybridized carbons (Fsp3) is 0.467. The number of carbonyl (C=O) groups excluding carboxylic acids is 2. The van der Waals surface area contributed by atoms with Crippen molar-refractivity contribution in [3.63, 3.8) is 0 Å². The number of nitrogens with one attached hydrogen (secondary N) is 1. The molecule has 1 aromatic rings. The minimum Gasteiger partial charge on any atom is -0.468 e. The molecule has 5 heteroatoms. The van der Waals surface area contributed by atoms with Gasteiger partial charge in [-0.15, -0.1) is 0 Å². The van der Waals surface area contributed by atoms with Crippen LogP contribution in [0, 0.1) is 5.92 Å². The fourth-order valence-corrected chi connectivity index (χ4v) is 1.94. The van der Waals surface area contributed by atoms with Crippen LogP contribution in [0.5, 0.6) is 0 Å². The van der Waals surface area contributed by atoms with Crippen molar-refractivity contribution in [2.24, 2.45) is 5.92 Å². The summed E-state index contributed by atoms with van der Waals surface area (Å²) < 4.78 is 4.66. The van der Waals surface area contributed by atoms with Gasteiger partial charge in [0.25, 0.3) is 0 Å². The molecule has 20 heavy (non-hydrogen) atoms. The maximum absolute atomic E-state index is 12.4. The molecule has 0 heterocycles. The van der Waals surface area contributed by atoms with Crippen LogP contribution in [-0.2, 0) is 20.9 Å². The molecule has 0 aliphatic carbocycles. The number of nitrogens with zero attached hydrogens (tertiary/aromatic N) is 1. The zero-order chi connectivity index (χ0) is 15.0. The van der Waals surface area contributed by atoms with E-state index < -0.39 is 5.97 Å². The second-order valence-corrected chi connectivity index (χ2v) is 4.71. The lowest BCUT2D eigenvalue weighted by Crippen LogP contribution is -2.41. The van der Waals surface area contributed by atoms with Gasteiger partial charge in [-0.1, -0.05) is 37.3 Å². The number of esters is 1. The molecule has 0 fully saturated rings. The molecule has 1 amide bonds. The second kappa shape index (κ2) is 8.32. The van der Waals surface area contributed by atoms with E-state index in [0.717, 1.165) is 5.56 Å². The Hall–Kier alpha value is -1.88. The summed E-state index contributed by atoms with van der Waals surface area (Å²) in [6.07, 6.45) is 0. The molecule has 1 unspecified atom stereocenters. The van der Waals surface area contributed by atoms with Crippen molar-refractivity contribution in [2.75, 3.05) is 27.2 Å². The maximum Gasteiger partial charge on any atom is 0.325 e. The largest absolute Gasteiger partial charge is 0.468 e. The first-order valence-corrected chi connectivity index (χ1v) is 6.62. The van der Waals surface area contributed by atoms with Crippen molar-refractivity contribution >= 4 is 11.9 Å². The van der Waals surface area contributed by atoms with Crippen LogP contribution < -0.4 is 5.32 Å². The van der Waals surface area contributed by atoms with Crippen LogP contribution >= 0.6 is 0 Å². The Kier molecular flexibility index (Phi) is 6.73. The normalized spacial score (nSPS) is 11.8. The van der Waals surface area contributed by atoms with Gasteiger partial charge in [0.1, 0.15) is 6.54 Å².